The van der Waals surface area contributed by atoms with Crippen LogP contribution < -0.4 is 5.32 Å². The molecule has 0 bridgehead atoms. The highest BCUT2D eigenvalue weighted by atomic mass is 79.9. The molecule has 0 spiro atoms. The van der Waals surface area contributed by atoms with E-state index in [2.05, 4.69) is 21.2 Å². The number of carbonyl (C=O) groups excluding carboxylic acids is 1. The maximum absolute atomic E-state index is 12.1. The number of nitrogens with one attached hydrogen (secondary N) is 1. The molecule has 0 saturated heterocycles. The zero-order valence-corrected chi connectivity index (χ0v) is 13.2. The van der Waals surface area contributed by atoms with Crippen molar-refractivity contribution in [3.63, 3.8) is 0 Å². The van der Waals surface area contributed by atoms with Crippen LogP contribution in [0.4, 0.5) is 0 Å². The van der Waals surface area contributed by atoms with E-state index >= 15 is 0 Å². The molecule has 1 saturated carbocycles. The molecule has 1 aliphatic rings. The second-order valence-electron chi connectivity index (χ2n) is 5.18. The van der Waals surface area contributed by atoms with E-state index in [4.69, 9.17) is 11.6 Å². The number of carbonyl (C=O) groups is 1. The summed E-state index contributed by atoms with van der Waals surface area (Å²) in [6, 6.07) is 7.47. The first-order valence-electron chi connectivity index (χ1n) is 6.80. The Kier molecular flexibility index (Phi) is 5.71. The molecule has 2 rings (SSSR count). The van der Waals surface area contributed by atoms with Gasteiger partial charge in [0.1, 0.15) is 0 Å². The zero-order valence-electron chi connectivity index (χ0n) is 10.9. The molecule has 0 heterocycles. The van der Waals surface area contributed by atoms with Crippen LogP contribution in [-0.2, 0) is 0 Å². The van der Waals surface area contributed by atoms with Crippen molar-refractivity contribution in [1.29, 1.82) is 0 Å². The van der Waals surface area contributed by atoms with Crippen molar-refractivity contribution < 1.29 is 4.79 Å². The third-order valence-corrected chi connectivity index (χ3v) is 4.77. The highest BCUT2D eigenvalue weighted by Crippen LogP contribution is 2.30. The molecule has 1 fully saturated rings. The van der Waals surface area contributed by atoms with E-state index in [1.54, 1.807) is 0 Å². The predicted molar refractivity (Wildman–Crippen MR) is 82.6 cm³/mol. The smallest absolute Gasteiger partial charge is 0.251 e. The summed E-state index contributed by atoms with van der Waals surface area (Å²) in [7, 11) is 0. The van der Waals surface area contributed by atoms with Crippen LogP contribution in [0.1, 0.15) is 36.0 Å². The van der Waals surface area contributed by atoms with Crippen LogP contribution in [0, 0.1) is 11.8 Å². The minimum absolute atomic E-state index is 0.000181. The van der Waals surface area contributed by atoms with Crippen molar-refractivity contribution in [2.75, 3.05) is 12.4 Å². The van der Waals surface area contributed by atoms with Gasteiger partial charge in [-0.05, 0) is 42.9 Å². The van der Waals surface area contributed by atoms with Gasteiger partial charge in [0.15, 0.2) is 0 Å². The summed E-state index contributed by atoms with van der Waals surface area (Å²) >= 11 is 9.39. The molecule has 2 atom stereocenters. The van der Waals surface area contributed by atoms with Gasteiger partial charge in [-0.2, -0.15) is 0 Å². The number of alkyl halides is 1. The van der Waals surface area contributed by atoms with Crippen molar-refractivity contribution in [3.05, 3.63) is 34.3 Å². The number of rotatable bonds is 4. The Morgan fingerprint density at radius 3 is 2.74 bits per heavy atom. The van der Waals surface area contributed by atoms with Crippen molar-refractivity contribution in [1.82, 2.24) is 5.32 Å². The molecule has 1 amide bonds. The molecule has 1 N–H and O–H groups in total. The van der Waals surface area contributed by atoms with Gasteiger partial charge in [-0.3, -0.25) is 4.79 Å². The van der Waals surface area contributed by atoms with Crippen LogP contribution in [0.15, 0.2) is 28.7 Å². The molecule has 2 unspecified atom stereocenters. The lowest BCUT2D eigenvalue weighted by Crippen LogP contribution is -2.34. The van der Waals surface area contributed by atoms with E-state index in [-0.39, 0.29) is 5.91 Å². The first kappa shape index (κ1) is 14.9. The van der Waals surface area contributed by atoms with Gasteiger partial charge in [0, 0.05) is 22.5 Å². The fourth-order valence-electron chi connectivity index (χ4n) is 2.71. The highest BCUT2D eigenvalue weighted by Gasteiger charge is 2.24. The Bertz CT molecular complexity index is 438. The molecular formula is C15H19BrClNO. The van der Waals surface area contributed by atoms with E-state index in [1.807, 2.05) is 24.3 Å². The van der Waals surface area contributed by atoms with Crippen LogP contribution in [-0.4, -0.2) is 18.3 Å². The van der Waals surface area contributed by atoms with Crippen LogP contribution in [0.25, 0.3) is 0 Å². The lowest BCUT2D eigenvalue weighted by Gasteiger charge is -2.30. The van der Waals surface area contributed by atoms with Gasteiger partial charge in [-0.1, -0.05) is 34.8 Å². The fourth-order valence-corrected chi connectivity index (χ4v) is 3.52. The van der Waals surface area contributed by atoms with Crippen LogP contribution in [0.3, 0.4) is 0 Å². The monoisotopic (exact) mass is 343 g/mol. The zero-order chi connectivity index (χ0) is 13.7. The van der Waals surface area contributed by atoms with Crippen molar-refractivity contribution in [2.45, 2.75) is 25.7 Å². The molecule has 0 aliphatic heterocycles. The number of hydrogen-bond donors (Lipinski definition) is 1. The van der Waals surface area contributed by atoms with Crippen LogP contribution in [0.2, 0.25) is 0 Å². The summed E-state index contributed by atoms with van der Waals surface area (Å²) < 4.78 is 0.927. The average Bonchev–Trinajstić information content (AvgIpc) is 2.45. The lowest BCUT2D eigenvalue weighted by molar-refractivity contribution is 0.0936. The van der Waals surface area contributed by atoms with E-state index in [0.29, 0.717) is 23.3 Å². The van der Waals surface area contributed by atoms with Crippen molar-refractivity contribution in [2.24, 2.45) is 11.8 Å². The maximum atomic E-state index is 12.1. The predicted octanol–water partition coefficient (Wildman–Crippen LogP) is 4.22. The van der Waals surface area contributed by atoms with Gasteiger partial charge in [0.2, 0.25) is 0 Å². The Morgan fingerprint density at radius 1 is 1.32 bits per heavy atom. The molecule has 1 aromatic rings. The Labute approximate surface area is 128 Å². The Balaban J connectivity index is 1.89. The van der Waals surface area contributed by atoms with Gasteiger partial charge >= 0.3 is 0 Å². The molecule has 19 heavy (non-hydrogen) atoms. The molecular weight excluding hydrogens is 326 g/mol. The maximum Gasteiger partial charge on any atom is 0.251 e. The number of amides is 1. The molecule has 4 heteroatoms. The van der Waals surface area contributed by atoms with Gasteiger partial charge < -0.3 is 5.32 Å². The SMILES string of the molecule is O=C(NCC1CCCCC1CCl)c1cccc(Br)c1. The van der Waals surface area contributed by atoms with Gasteiger partial charge in [0.05, 0.1) is 0 Å². The van der Waals surface area contributed by atoms with Crippen molar-refractivity contribution >= 4 is 33.4 Å². The molecule has 2 nitrogen and oxygen atoms in total. The van der Waals surface area contributed by atoms with Crippen LogP contribution >= 0.6 is 27.5 Å². The standard InChI is InChI=1S/C15H19BrClNO/c16-14-7-3-6-11(8-14)15(19)18-10-13-5-2-1-4-12(13)9-17/h3,6-8,12-13H,1-2,4-5,9-10H2,(H,18,19). The van der Waals surface area contributed by atoms with E-state index < -0.39 is 0 Å². The van der Waals surface area contributed by atoms with Gasteiger partial charge in [0.25, 0.3) is 5.91 Å². The van der Waals surface area contributed by atoms with Crippen molar-refractivity contribution in [3.8, 4) is 0 Å². The molecule has 0 radical (unpaired) electrons. The highest BCUT2D eigenvalue weighted by molar-refractivity contribution is 9.10. The van der Waals surface area contributed by atoms with E-state index in [9.17, 15) is 4.79 Å². The molecule has 1 aliphatic carbocycles. The quantitative estimate of drug-likeness (QED) is 0.814. The normalized spacial score (nSPS) is 23.1. The summed E-state index contributed by atoms with van der Waals surface area (Å²) in [6.07, 6.45) is 4.90. The minimum Gasteiger partial charge on any atom is -0.352 e. The topological polar surface area (TPSA) is 29.1 Å². The third kappa shape index (κ3) is 4.22. The molecule has 104 valence electrons. The Morgan fingerprint density at radius 2 is 2.05 bits per heavy atom. The lowest BCUT2D eigenvalue weighted by atomic mass is 9.80. The fraction of sp³-hybridized carbons (Fsp3) is 0.533. The first-order valence-corrected chi connectivity index (χ1v) is 8.13. The summed E-state index contributed by atoms with van der Waals surface area (Å²) in [6.45, 7) is 0.739. The largest absolute Gasteiger partial charge is 0.352 e. The number of benzene rings is 1. The molecule has 1 aromatic carbocycles. The second-order valence-corrected chi connectivity index (χ2v) is 6.40. The third-order valence-electron chi connectivity index (χ3n) is 3.88. The summed E-state index contributed by atoms with van der Waals surface area (Å²) in [5.74, 6) is 1.79. The summed E-state index contributed by atoms with van der Waals surface area (Å²) in [4.78, 5) is 12.1. The minimum atomic E-state index is 0.000181. The number of halogens is 2. The summed E-state index contributed by atoms with van der Waals surface area (Å²) in [5.41, 5.74) is 0.701. The van der Waals surface area contributed by atoms with E-state index in [1.165, 1.54) is 25.7 Å². The average molecular weight is 345 g/mol. The van der Waals surface area contributed by atoms with Crippen LogP contribution in [0.5, 0.6) is 0 Å². The molecule has 0 aromatic heterocycles. The van der Waals surface area contributed by atoms with E-state index in [0.717, 1.165) is 11.0 Å². The second kappa shape index (κ2) is 7.30. The Hall–Kier alpha value is -0.540. The van der Waals surface area contributed by atoms with Gasteiger partial charge in [-0.15, -0.1) is 11.6 Å². The number of hydrogen-bond acceptors (Lipinski definition) is 1. The summed E-state index contributed by atoms with van der Waals surface area (Å²) in [5, 5.41) is 3.04. The first-order chi connectivity index (χ1) is 9.20. The van der Waals surface area contributed by atoms with Gasteiger partial charge in [-0.25, -0.2) is 0 Å².